The van der Waals surface area contributed by atoms with Gasteiger partial charge in [0.15, 0.2) is 0 Å². The largest absolute Gasteiger partial charge is 0.0776 e. The number of hydrogen-bond donors (Lipinski definition) is 0. The standard InChI is InChI=1S/C13H28.C12H26.C10H22.3CH4/c1-7-8-12(11(2)3)9-10-13(4,5)6;1-6-7-8-11(2)9-10-12(3,4)5;1-6-9(2)7-8-10(3,4)5;;;/h11-12H,7-10H2,1-6H3;11H,6-10H2,1-5H3;9H,6-8H2,1-5H3;3*1H4. The first-order chi connectivity index (χ1) is 15.8. The molecule has 0 amide bonds. The minimum atomic E-state index is 0. The van der Waals surface area contributed by atoms with E-state index < -0.39 is 0 Å². The highest BCUT2D eigenvalue weighted by molar-refractivity contribution is 4.69. The summed E-state index contributed by atoms with van der Waals surface area (Å²) in [6.07, 6.45) is 16.6. The van der Waals surface area contributed by atoms with Crippen molar-refractivity contribution in [3.8, 4) is 0 Å². The van der Waals surface area contributed by atoms with Gasteiger partial charge in [0.2, 0.25) is 0 Å². The predicted octanol–water partition coefficient (Wildman–Crippen LogP) is 15.3. The maximum Gasteiger partial charge on any atom is -0.0383 e. The molecular formula is C38H88. The van der Waals surface area contributed by atoms with Gasteiger partial charge in [-0.3, -0.25) is 0 Å². The smallest absolute Gasteiger partial charge is 0.0383 e. The monoisotopic (exact) mass is 545 g/mol. The van der Waals surface area contributed by atoms with Crippen LogP contribution in [0.1, 0.15) is 210 Å². The van der Waals surface area contributed by atoms with E-state index in [9.17, 15) is 0 Å². The average Bonchev–Trinajstić information content (AvgIpc) is 2.71. The predicted molar refractivity (Wildman–Crippen MR) is 188 cm³/mol. The first-order valence-corrected chi connectivity index (χ1v) is 15.8. The summed E-state index contributed by atoms with van der Waals surface area (Å²) < 4.78 is 0. The van der Waals surface area contributed by atoms with Gasteiger partial charge in [-0.1, -0.05) is 184 Å². The molecule has 0 heterocycles. The Balaban J connectivity index is -0.0000000980. The van der Waals surface area contributed by atoms with Gasteiger partial charge in [-0.05, 0) is 65.6 Å². The fourth-order valence-corrected chi connectivity index (χ4v) is 4.06. The molecule has 0 aromatic carbocycles. The van der Waals surface area contributed by atoms with Crippen molar-refractivity contribution in [3.63, 3.8) is 0 Å². The molecule has 0 rings (SSSR count). The summed E-state index contributed by atoms with van der Waals surface area (Å²) in [7, 11) is 0. The average molecular weight is 545 g/mol. The minimum Gasteiger partial charge on any atom is -0.0776 e. The molecule has 3 atom stereocenters. The van der Waals surface area contributed by atoms with Crippen molar-refractivity contribution in [2.24, 2.45) is 39.9 Å². The van der Waals surface area contributed by atoms with Crippen LogP contribution < -0.4 is 0 Å². The van der Waals surface area contributed by atoms with E-state index in [2.05, 4.69) is 111 Å². The second-order valence-corrected chi connectivity index (χ2v) is 15.9. The van der Waals surface area contributed by atoms with E-state index in [1.54, 1.807) is 0 Å². The molecule has 0 bridgehead atoms. The van der Waals surface area contributed by atoms with Gasteiger partial charge in [-0.15, -0.1) is 0 Å². The summed E-state index contributed by atoms with van der Waals surface area (Å²) in [5.74, 6) is 3.66. The van der Waals surface area contributed by atoms with Gasteiger partial charge in [0.25, 0.3) is 0 Å². The van der Waals surface area contributed by atoms with Crippen molar-refractivity contribution in [1.82, 2.24) is 0 Å². The lowest BCUT2D eigenvalue weighted by Gasteiger charge is -2.25. The van der Waals surface area contributed by atoms with Gasteiger partial charge in [0.05, 0.1) is 0 Å². The quantitative estimate of drug-likeness (QED) is 0.216. The van der Waals surface area contributed by atoms with Crippen LogP contribution in [0.4, 0.5) is 0 Å². The van der Waals surface area contributed by atoms with Crippen LogP contribution in [-0.4, -0.2) is 0 Å². The molecule has 0 aliphatic heterocycles. The van der Waals surface area contributed by atoms with Gasteiger partial charge >= 0.3 is 0 Å². The molecule has 0 aromatic heterocycles. The molecule has 0 aliphatic rings. The SMILES string of the molecule is C.C.C.CCC(C)CCC(C)(C)C.CCCC(CCC(C)(C)C)C(C)C.CCCCC(C)CCC(C)(C)C. The molecule has 3 unspecified atom stereocenters. The van der Waals surface area contributed by atoms with E-state index in [1.807, 2.05) is 0 Å². The van der Waals surface area contributed by atoms with E-state index >= 15 is 0 Å². The third-order valence-corrected chi connectivity index (χ3v) is 7.39. The molecule has 0 N–H and O–H groups in total. The van der Waals surface area contributed by atoms with Crippen LogP contribution in [0.25, 0.3) is 0 Å². The third kappa shape index (κ3) is 45.9. The van der Waals surface area contributed by atoms with Crippen molar-refractivity contribution in [2.45, 2.75) is 210 Å². The summed E-state index contributed by atoms with van der Waals surface area (Å²) in [5.41, 5.74) is 1.57. The van der Waals surface area contributed by atoms with Gasteiger partial charge < -0.3 is 0 Å². The zero-order chi connectivity index (χ0) is 28.3. The Bertz CT molecular complexity index is 422. The molecule has 0 aromatic rings. The lowest BCUT2D eigenvalue weighted by Crippen LogP contribution is -2.13. The van der Waals surface area contributed by atoms with Crippen molar-refractivity contribution in [2.75, 3.05) is 0 Å². The Morgan fingerprint density at radius 1 is 0.447 bits per heavy atom. The lowest BCUT2D eigenvalue weighted by molar-refractivity contribution is 0.266. The van der Waals surface area contributed by atoms with Crippen molar-refractivity contribution < 1.29 is 0 Å². The van der Waals surface area contributed by atoms with Gasteiger partial charge in [-0.25, -0.2) is 0 Å². The molecule has 0 radical (unpaired) electrons. The fraction of sp³-hybridized carbons (Fsp3) is 1.00. The zero-order valence-electron chi connectivity index (χ0n) is 28.3. The Morgan fingerprint density at radius 3 is 1.11 bits per heavy atom. The fourth-order valence-electron chi connectivity index (χ4n) is 4.06. The second-order valence-electron chi connectivity index (χ2n) is 15.9. The first kappa shape index (κ1) is 50.8. The van der Waals surface area contributed by atoms with Crippen molar-refractivity contribution in [3.05, 3.63) is 0 Å². The molecule has 0 heteroatoms. The van der Waals surface area contributed by atoms with Crippen LogP contribution in [0.5, 0.6) is 0 Å². The molecule has 0 nitrogen and oxygen atoms in total. The normalized spacial score (nSPS) is 13.8. The zero-order valence-corrected chi connectivity index (χ0v) is 28.3. The maximum atomic E-state index is 2.39. The molecule has 240 valence electrons. The topological polar surface area (TPSA) is 0 Å². The molecule has 0 aliphatic carbocycles. The van der Waals surface area contributed by atoms with Crippen LogP contribution in [0.2, 0.25) is 0 Å². The molecule has 38 heavy (non-hydrogen) atoms. The molecular weight excluding hydrogens is 456 g/mol. The van der Waals surface area contributed by atoms with Crippen LogP contribution in [0.15, 0.2) is 0 Å². The number of rotatable bonds is 13. The van der Waals surface area contributed by atoms with Crippen molar-refractivity contribution in [1.29, 1.82) is 0 Å². The van der Waals surface area contributed by atoms with Crippen LogP contribution in [0.3, 0.4) is 0 Å². The Labute approximate surface area is 249 Å². The summed E-state index contributed by atoms with van der Waals surface area (Å²) in [5, 5.41) is 0. The molecule has 0 fully saturated rings. The highest BCUT2D eigenvalue weighted by atomic mass is 14.2. The van der Waals surface area contributed by atoms with Crippen LogP contribution >= 0.6 is 0 Å². The van der Waals surface area contributed by atoms with E-state index in [1.165, 1.54) is 77.0 Å². The summed E-state index contributed by atoms with van der Waals surface area (Å²) in [6, 6.07) is 0. The van der Waals surface area contributed by atoms with Crippen molar-refractivity contribution >= 4 is 0 Å². The molecule has 0 saturated carbocycles. The van der Waals surface area contributed by atoms with E-state index in [0.717, 1.165) is 23.7 Å². The second kappa shape index (κ2) is 27.2. The van der Waals surface area contributed by atoms with Crippen LogP contribution in [-0.2, 0) is 0 Å². The molecule has 0 saturated heterocycles. The van der Waals surface area contributed by atoms with Gasteiger partial charge in [-0.2, -0.15) is 0 Å². The first-order valence-electron chi connectivity index (χ1n) is 15.8. The third-order valence-electron chi connectivity index (χ3n) is 7.39. The summed E-state index contributed by atoms with van der Waals surface area (Å²) >= 11 is 0. The van der Waals surface area contributed by atoms with Gasteiger partial charge in [0, 0.05) is 0 Å². The lowest BCUT2D eigenvalue weighted by atomic mass is 9.81. The summed E-state index contributed by atoms with van der Waals surface area (Å²) in [6.45, 7) is 37.3. The highest BCUT2D eigenvalue weighted by Crippen LogP contribution is 2.29. The Kier molecular flexibility index (Phi) is 36.3. The highest BCUT2D eigenvalue weighted by Gasteiger charge is 2.17. The minimum absolute atomic E-state index is 0. The van der Waals surface area contributed by atoms with Crippen LogP contribution in [0, 0.1) is 39.9 Å². The summed E-state index contributed by atoms with van der Waals surface area (Å²) in [4.78, 5) is 0. The molecule has 0 spiro atoms. The van der Waals surface area contributed by atoms with E-state index in [0.29, 0.717) is 16.2 Å². The maximum absolute atomic E-state index is 2.39. The number of unbranched alkanes of at least 4 members (excludes halogenated alkanes) is 1. The van der Waals surface area contributed by atoms with E-state index in [-0.39, 0.29) is 22.3 Å². The van der Waals surface area contributed by atoms with Gasteiger partial charge in [0.1, 0.15) is 0 Å². The Hall–Kier alpha value is 0. The number of hydrogen-bond acceptors (Lipinski definition) is 0. The van der Waals surface area contributed by atoms with E-state index in [4.69, 9.17) is 0 Å². The Morgan fingerprint density at radius 2 is 0.816 bits per heavy atom.